The standard InChI is InChI=1S/C12H24BBrO2/c1-7(2)10-11(8(3)4)16-13(15-10)12(14)9(5)6/h7-12H,1-6H3/t10-,11-,12-/m0/s1. The van der Waals surface area contributed by atoms with Gasteiger partial charge in [-0.05, 0) is 17.8 Å². The molecule has 1 rings (SSSR count). The fourth-order valence-corrected chi connectivity index (χ4v) is 2.28. The van der Waals surface area contributed by atoms with Crippen molar-refractivity contribution in [3.8, 4) is 0 Å². The van der Waals surface area contributed by atoms with Crippen LogP contribution in [0.15, 0.2) is 0 Å². The summed E-state index contributed by atoms with van der Waals surface area (Å²) in [4.78, 5) is 0. The molecule has 0 N–H and O–H groups in total. The average Bonchev–Trinajstić information content (AvgIpc) is 2.60. The molecule has 0 bridgehead atoms. The summed E-state index contributed by atoms with van der Waals surface area (Å²) < 4.78 is 12.4. The number of alkyl halides is 1. The van der Waals surface area contributed by atoms with Gasteiger partial charge in [0.2, 0.25) is 0 Å². The fourth-order valence-electron chi connectivity index (χ4n) is 2.03. The summed E-state index contributed by atoms with van der Waals surface area (Å²) in [7, 11) is -0.0974. The first-order chi connectivity index (χ1) is 7.34. The summed E-state index contributed by atoms with van der Waals surface area (Å²) in [5, 5.41) is 0. The Labute approximate surface area is 109 Å². The molecule has 0 unspecified atom stereocenters. The van der Waals surface area contributed by atoms with Gasteiger partial charge in [0.15, 0.2) is 0 Å². The van der Waals surface area contributed by atoms with Gasteiger partial charge >= 0.3 is 7.12 Å². The molecule has 0 aromatic heterocycles. The molecule has 0 aromatic rings. The van der Waals surface area contributed by atoms with E-state index in [2.05, 4.69) is 57.5 Å². The molecule has 0 aromatic carbocycles. The van der Waals surface area contributed by atoms with Gasteiger partial charge in [-0.25, -0.2) is 0 Å². The molecule has 1 fully saturated rings. The fraction of sp³-hybridized carbons (Fsp3) is 1.00. The van der Waals surface area contributed by atoms with Crippen LogP contribution in [0.1, 0.15) is 41.5 Å². The van der Waals surface area contributed by atoms with Crippen LogP contribution in [0, 0.1) is 17.8 Å². The van der Waals surface area contributed by atoms with E-state index < -0.39 is 0 Å². The molecule has 0 saturated carbocycles. The van der Waals surface area contributed by atoms with Crippen LogP contribution in [-0.4, -0.2) is 24.1 Å². The quantitative estimate of drug-likeness (QED) is 0.582. The van der Waals surface area contributed by atoms with Crippen molar-refractivity contribution in [2.24, 2.45) is 17.8 Å². The lowest BCUT2D eigenvalue weighted by Gasteiger charge is -2.24. The highest BCUT2D eigenvalue weighted by Gasteiger charge is 2.46. The van der Waals surface area contributed by atoms with E-state index in [4.69, 9.17) is 9.31 Å². The highest BCUT2D eigenvalue weighted by Crippen LogP contribution is 2.32. The van der Waals surface area contributed by atoms with Gasteiger partial charge in [0.05, 0.1) is 16.9 Å². The SMILES string of the molecule is CC(C)[C@H](Br)B1O[C@@H](C(C)C)[C@H](C(C)C)O1. The molecule has 16 heavy (non-hydrogen) atoms. The molecule has 4 heteroatoms. The van der Waals surface area contributed by atoms with Crippen LogP contribution in [-0.2, 0) is 9.31 Å². The van der Waals surface area contributed by atoms with E-state index >= 15 is 0 Å². The van der Waals surface area contributed by atoms with Gasteiger partial charge in [0.25, 0.3) is 0 Å². The summed E-state index contributed by atoms with van der Waals surface area (Å²) in [6.45, 7) is 13.2. The van der Waals surface area contributed by atoms with Crippen LogP contribution in [0.4, 0.5) is 0 Å². The lowest BCUT2D eigenvalue weighted by atomic mass is 9.78. The molecule has 1 aliphatic heterocycles. The Morgan fingerprint density at radius 3 is 1.50 bits per heavy atom. The molecule has 1 saturated heterocycles. The van der Waals surface area contributed by atoms with Gasteiger partial charge in [0, 0.05) is 0 Å². The van der Waals surface area contributed by atoms with Crippen molar-refractivity contribution < 1.29 is 9.31 Å². The highest BCUT2D eigenvalue weighted by molar-refractivity contribution is 9.10. The minimum Gasteiger partial charge on any atom is -0.405 e. The van der Waals surface area contributed by atoms with Crippen molar-refractivity contribution in [3.63, 3.8) is 0 Å². The topological polar surface area (TPSA) is 18.5 Å². The summed E-state index contributed by atoms with van der Waals surface area (Å²) in [6, 6.07) is 0. The zero-order valence-electron chi connectivity index (χ0n) is 11.2. The molecular formula is C12H24BBrO2. The smallest absolute Gasteiger partial charge is 0.405 e. The van der Waals surface area contributed by atoms with Crippen molar-refractivity contribution in [2.75, 3.05) is 0 Å². The summed E-state index contributed by atoms with van der Waals surface area (Å²) in [5.41, 5.74) is 0. The zero-order chi connectivity index (χ0) is 12.5. The van der Waals surface area contributed by atoms with E-state index in [0.29, 0.717) is 17.8 Å². The maximum absolute atomic E-state index is 6.05. The van der Waals surface area contributed by atoms with Crippen LogP contribution in [0.3, 0.4) is 0 Å². The molecule has 1 heterocycles. The van der Waals surface area contributed by atoms with E-state index in [-0.39, 0.29) is 24.1 Å². The van der Waals surface area contributed by atoms with Gasteiger partial charge in [0.1, 0.15) is 0 Å². The molecule has 2 nitrogen and oxygen atoms in total. The first-order valence-electron chi connectivity index (χ1n) is 6.29. The van der Waals surface area contributed by atoms with E-state index in [1.807, 2.05) is 0 Å². The first kappa shape index (κ1) is 14.5. The Hall–Kier alpha value is 0.465. The maximum atomic E-state index is 6.05. The number of rotatable bonds is 4. The molecule has 0 radical (unpaired) electrons. The van der Waals surface area contributed by atoms with Gasteiger partial charge in [-0.15, -0.1) is 0 Å². The van der Waals surface area contributed by atoms with Crippen molar-refractivity contribution in [1.82, 2.24) is 0 Å². The van der Waals surface area contributed by atoms with Gasteiger partial charge in [-0.1, -0.05) is 57.5 Å². The zero-order valence-corrected chi connectivity index (χ0v) is 12.8. The molecular weight excluding hydrogens is 267 g/mol. The Morgan fingerprint density at radius 2 is 1.25 bits per heavy atom. The Bertz CT molecular complexity index is 205. The molecule has 0 amide bonds. The molecule has 94 valence electrons. The van der Waals surface area contributed by atoms with Crippen LogP contribution in [0.25, 0.3) is 0 Å². The summed E-state index contributed by atoms with van der Waals surface area (Å²) >= 11 is 3.67. The van der Waals surface area contributed by atoms with Crippen LogP contribution in [0.5, 0.6) is 0 Å². The van der Waals surface area contributed by atoms with Crippen molar-refractivity contribution >= 4 is 23.0 Å². The number of halogens is 1. The van der Waals surface area contributed by atoms with Crippen LogP contribution >= 0.6 is 15.9 Å². The average molecular weight is 291 g/mol. The largest absolute Gasteiger partial charge is 0.472 e. The molecule has 0 aliphatic carbocycles. The monoisotopic (exact) mass is 290 g/mol. The predicted octanol–water partition coefficient (Wildman–Crippen LogP) is 3.53. The minimum atomic E-state index is -0.0974. The third kappa shape index (κ3) is 3.24. The van der Waals surface area contributed by atoms with Crippen molar-refractivity contribution in [3.05, 3.63) is 0 Å². The molecule has 1 aliphatic rings. The van der Waals surface area contributed by atoms with E-state index in [0.717, 1.165) is 0 Å². The number of hydrogen-bond acceptors (Lipinski definition) is 2. The lowest BCUT2D eigenvalue weighted by molar-refractivity contribution is 0.0815. The summed E-state index contributed by atoms with van der Waals surface area (Å²) in [5.74, 6) is 1.53. The van der Waals surface area contributed by atoms with E-state index in [9.17, 15) is 0 Å². The molecule has 0 spiro atoms. The van der Waals surface area contributed by atoms with Gasteiger partial charge in [-0.2, -0.15) is 0 Å². The normalized spacial score (nSPS) is 28.5. The van der Waals surface area contributed by atoms with Gasteiger partial charge < -0.3 is 9.31 Å². The minimum absolute atomic E-state index is 0.0974. The maximum Gasteiger partial charge on any atom is 0.472 e. The first-order valence-corrected chi connectivity index (χ1v) is 7.21. The van der Waals surface area contributed by atoms with Crippen molar-refractivity contribution in [1.29, 1.82) is 0 Å². The number of hydrogen-bond donors (Lipinski definition) is 0. The Morgan fingerprint density at radius 1 is 0.875 bits per heavy atom. The second kappa shape index (κ2) is 5.88. The summed E-state index contributed by atoms with van der Waals surface area (Å²) in [6.07, 6.45) is 0.451. The highest BCUT2D eigenvalue weighted by atomic mass is 79.9. The van der Waals surface area contributed by atoms with Crippen LogP contribution in [0.2, 0.25) is 0 Å². The molecule has 3 atom stereocenters. The Kier molecular flexibility index (Phi) is 5.34. The predicted molar refractivity (Wildman–Crippen MR) is 72.7 cm³/mol. The van der Waals surface area contributed by atoms with E-state index in [1.54, 1.807) is 0 Å². The van der Waals surface area contributed by atoms with Crippen LogP contribution < -0.4 is 0 Å². The third-order valence-corrected chi connectivity index (χ3v) is 4.61. The van der Waals surface area contributed by atoms with Crippen molar-refractivity contribution in [2.45, 2.75) is 58.5 Å². The van der Waals surface area contributed by atoms with E-state index in [1.165, 1.54) is 0 Å². The lowest BCUT2D eigenvalue weighted by Crippen LogP contribution is -2.33. The Balaban J connectivity index is 2.69. The third-order valence-electron chi connectivity index (χ3n) is 3.12. The van der Waals surface area contributed by atoms with Gasteiger partial charge in [-0.3, -0.25) is 0 Å². The second-order valence-corrected chi connectivity index (χ2v) is 6.80. The second-order valence-electron chi connectivity index (χ2n) is 5.75.